The number of nitriles is 1. The van der Waals surface area contributed by atoms with Crippen LogP contribution in [-0.2, 0) is 14.8 Å². The first-order chi connectivity index (χ1) is 15.9. The van der Waals surface area contributed by atoms with E-state index in [0.29, 0.717) is 18.8 Å². The van der Waals surface area contributed by atoms with Crippen LogP contribution in [0, 0.1) is 18.3 Å². The summed E-state index contributed by atoms with van der Waals surface area (Å²) >= 11 is 0. The Kier molecular flexibility index (Phi) is 6.55. The highest BCUT2D eigenvalue weighted by Gasteiger charge is 2.30. The first-order valence-electron chi connectivity index (χ1n) is 10.4. The number of sulfonamides is 1. The van der Waals surface area contributed by atoms with Crippen molar-refractivity contribution in [1.29, 1.82) is 5.26 Å². The maximum absolute atomic E-state index is 12.9. The Bertz CT molecular complexity index is 1290. The molecule has 0 aliphatic carbocycles. The molecule has 0 unspecified atom stereocenters. The van der Waals surface area contributed by atoms with Crippen LogP contribution in [0.3, 0.4) is 0 Å². The van der Waals surface area contributed by atoms with Crippen LogP contribution in [0.1, 0.15) is 11.1 Å². The molecule has 0 radical (unpaired) electrons. The molecule has 1 amide bonds. The summed E-state index contributed by atoms with van der Waals surface area (Å²) in [4.78, 5) is 14.3. The summed E-state index contributed by atoms with van der Waals surface area (Å²) in [7, 11) is -3.77. The molecule has 0 saturated carbocycles. The van der Waals surface area contributed by atoms with Crippen LogP contribution in [0.4, 0.5) is 5.88 Å². The number of carbonyl (C=O) groups excluding carboxylic acids is 1. The summed E-state index contributed by atoms with van der Waals surface area (Å²) in [5, 5.41) is 15.9. The van der Waals surface area contributed by atoms with Gasteiger partial charge in [0.2, 0.25) is 21.8 Å². The van der Waals surface area contributed by atoms with Gasteiger partial charge in [0.1, 0.15) is 11.8 Å². The van der Waals surface area contributed by atoms with Crippen LogP contribution in [0.15, 0.2) is 64.0 Å². The normalized spacial score (nSPS) is 15.2. The molecule has 1 aliphatic rings. The zero-order chi connectivity index (χ0) is 23.4. The lowest BCUT2D eigenvalue weighted by Crippen LogP contribution is -2.50. The predicted octanol–water partition coefficient (Wildman–Crippen LogP) is 2.47. The highest BCUT2D eigenvalue weighted by atomic mass is 32.2. The van der Waals surface area contributed by atoms with Gasteiger partial charge in [-0.3, -0.25) is 15.0 Å². The minimum Gasteiger partial charge on any atom is -0.338 e. The van der Waals surface area contributed by atoms with Crippen molar-refractivity contribution in [3.63, 3.8) is 0 Å². The molecule has 170 valence electrons. The Morgan fingerprint density at radius 1 is 1.12 bits per heavy atom. The van der Waals surface area contributed by atoms with Gasteiger partial charge in [0.05, 0.1) is 17.0 Å². The van der Waals surface area contributed by atoms with E-state index >= 15 is 0 Å². The number of rotatable bonds is 6. The van der Waals surface area contributed by atoms with Crippen LogP contribution in [0.25, 0.3) is 11.3 Å². The summed E-state index contributed by atoms with van der Waals surface area (Å²) < 4.78 is 32.4. The minimum absolute atomic E-state index is 0.00777. The van der Waals surface area contributed by atoms with E-state index in [2.05, 4.69) is 10.5 Å². The van der Waals surface area contributed by atoms with Gasteiger partial charge in [-0.05, 0) is 19.1 Å². The fourth-order valence-electron chi connectivity index (χ4n) is 3.63. The standard InChI is InChI=1S/C23H23N5O4S/c1-17-6-8-18(9-7-17)20-14-23(32-26-20)25-22(29)16-27-10-12-28(13-11-27)33(30,31)21-5-3-2-4-19(21)15-24/h2-9,14H,10-13,16H2,1H3,(H,25,29). The number of benzene rings is 2. The largest absolute Gasteiger partial charge is 0.338 e. The smallest absolute Gasteiger partial charge is 0.244 e. The first kappa shape index (κ1) is 22.7. The van der Waals surface area contributed by atoms with E-state index in [1.807, 2.05) is 42.2 Å². The number of hydrogen-bond acceptors (Lipinski definition) is 7. The minimum atomic E-state index is -3.77. The number of nitrogens with zero attached hydrogens (tertiary/aromatic N) is 4. The second kappa shape index (κ2) is 9.54. The third-order valence-corrected chi connectivity index (χ3v) is 7.40. The maximum atomic E-state index is 12.9. The average molecular weight is 466 g/mol. The Hall–Kier alpha value is -3.52. The number of hydrogen-bond donors (Lipinski definition) is 1. The SMILES string of the molecule is Cc1ccc(-c2cc(NC(=O)CN3CCN(S(=O)(=O)c4ccccc4C#N)CC3)on2)cc1. The molecule has 1 saturated heterocycles. The van der Waals surface area contributed by atoms with Gasteiger partial charge >= 0.3 is 0 Å². The van der Waals surface area contributed by atoms with Crippen LogP contribution >= 0.6 is 0 Å². The molecule has 4 rings (SSSR count). The van der Waals surface area contributed by atoms with E-state index in [1.165, 1.54) is 16.4 Å². The van der Waals surface area contributed by atoms with Crippen molar-refractivity contribution < 1.29 is 17.7 Å². The molecule has 33 heavy (non-hydrogen) atoms. The summed E-state index contributed by atoms with van der Waals surface area (Å²) in [5.41, 5.74) is 2.77. The second-order valence-electron chi connectivity index (χ2n) is 7.78. The van der Waals surface area contributed by atoms with Gasteiger partial charge in [0, 0.05) is 37.8 Å². The molecule has 1 aliphatic heterocycles. The molecule has 1 aromatic heterocycles. The lowest BCUT2D eigenvalue weighted by molar-refractivity contribution is -0.117. The number of amides is 1. The van der Waals surface area contributed by atoms with Gasteiger partial charge in [-0.1, -0.05) is 47.1 Å². The first-order valence-corrected chi connectivity index (χ1v) is 11.9. The highest BCUT2D eigenvalue weighted by molar-refractivity contribution is 7.89. The quantitative estimate of drug-likeness (QED) is 0.594. The monoisotopic (exact) mass is 465 g/mol. The molecule has 0 atom stereocenters. The zero-order valence-corrected chi connectivity index (χ0v) is 18.9. The van der Waals surface area contributed by atoms with Gasteiger partial charge in [-0.2, -0.15) is 9.57 Å². The summed E-state index contributed by atoms with van der Waals surface area (Å²) in [6.07, 6.45) is 0. The lowest BCUT2D eigenvalue weighted by Gasteiger charge is -2.33. The molecule has 0 bridgehead atoms. The van der Waals surface area contributed by atoms with Crippen molar-refractivity contribution in [2.75, 3.05) is 38.0 Å². The molecule has 1 N–H and O–H groups in total. The Morgan fingerprint density at radius 3 is 2.52 bits per heavy atom. The summed E-state index contributed by atoms with van der Waals surface area (Å²) in [6, 6.07) is 17.6. The number of anilines is 1. The lowest BCUT2D eigenvalue weighted by atomic mass is 10.1. The predicted molar refractivity (Wildman–Crippen MR) is 122 cm³/mol. The van der Waals surface area contributed by atoms with Crippen LogP contribution in [0.2, 0.25) is 0 Å². The van der Waals surface area contributed by atoms with Crippen molar-refractivity contribution in [1.82, 2.24) is 14.4 Å². The molecule has 2 heterocycles. The summed E-state index contributed by atoms with van der Waals surface area (Å²) in [6.45, 7) is 3.35. The molecule has 3 aromatic rings. The van der Waals surface area contributed by atoms with Crippen molar-refractivity contribution in [3.05, 3.63) is 65.7 Å². The topological polar surface area (TPSA) is 120 Å². The van der Waals surface area contributed by atoms with Gasteiger partial charge in [0.25, 0.3) is 0 Å². The van der Waals surface area contributed by atoms with Gasteiger partial charge < -0.3 is 4.52 Å². The van der Waals surface area contributed by atoms with Gasteiger partial charge in [-0.25, -0.2) is 8.42 Å². The van der Waals surface area contributed by atoms with Crippen LogP contribution in [-0.4, -0.2) is 61.4 Å². The van der Waals surface area contributed by atoms with Crippen LogP contribution < -0.4 is 5.32 Å². The van der Waals surface area contributed by atoms with Gasteiger partial charge in [0.15, 0.2) is 0 Å². The number of aromatic nitrogens is 1. The van der Waals surface area contributed by atoms with E-state index in [1.54, 1.807) is 18.2 Å². The number of nitrogens with one attached hydrogen (secondary N) is 1. The van der Waals surface area contributed by atoms with E-state index in [-0.39, 0.29) is 41.9 Å². The van der Waals surface area contributed by atoms with Crippen molar-refractivity contribution in [3.8, 4) is 17.3 Å². The molecule has 1 fully saturated rings. The van der Waals surface area contributed by atoms with E-state index in [4.69, 9.17) is 4.52 Å². The fourth-order valence-corrected chi connectivity index (χ4v) is 5.19. The summed E-state index contributed by atoms with van der Waals surface area (Å²) in [5.74, 6) is -0.0161. The molecular formula is C23H23N5O4S. The highest BCUT2D eigenvalue weighted by Crippen LogP contribution is 2.23. The van der Waals surface area contributed by atoms with Crippen molar-refractivity contribution >= 4 is 21.8 Å². The molecular weight excluding hydrogens is 442 g/mol. The molecule has 2 aromatic carbocycles. The Morgan fingerprint density at radius 2 is 1.82 bits per heavy atom. The number of carbonyl (C=O) groups is 1. The Labute approximate surface area is 192 Å². The number of piperazine rings is 1. The van der Waals surface area contributed by atoms with Crippen molar-refractivity contribution in [2.24, 2.45) is 0 Å². The zero-order valence-electron chi connectivity index (χ0n) is 18.1. The second-order valence-corrected chi connectivity index (χ2v) is 9.69. The number of aryl methyl sites for hydroxylation is 1. The third kappa shape index (κ3) is 5.12. The van der Waals surface area contributed by atoms with E-state index in [0.717, 1.165) is 11.1 Å². The van der Waals surface area contributed by atoms with E-state index < -0.39 is 10.0 Å². The average Bonchev–Trinajstić information content (AvgIpc) is 3.28. The molecule has 0 spiro atoms. The van der Waals surface area contributed by atoms with E-state index in [9.17, 15) is 18.5 Å². The van der Waals surface area contributed by atoms with Crippen molar-refractivity contribution in [2.45, 2.75) is 11.8 Å². The molecule has 10 heteroatoms. The molecule has 9 nitrogen and oxygen atoms in total. The van der Waals surface area contributed by atoms with Gasteiger partial charge in [-0.15, -0.1) is 0 Å². The maximum Gasteiger partial charge on any atom is 0.244 e. The van der Waals surface area contributed by atoms with Crippen LogP contribution in [0.5, 0.6) is 0 Å². The third-order valence-electron chi connectivity index (χ3n) is 5.44. The fraction of sp³-hybridized carbons (Fsp3) is 0.261. The Balaban J connectivity index is 1.32.